The molecule has 98 valence electrons. The van der Waals surface area contributed by atoms with Crippen molar-refractivity contribution in [1.29, 1.82) is 0 Å². The van der Waals surface area contributed by atoms with Crippen molar-refractivity contribution in [2.45, 2.75) is 26.8 Å². The fourth-order valence-electron chi connectivity index (χ4n) is 2.39. The van der Waals surface area contributed by atoms with Crippen molar-refractivity contribution in [3.05, 3.63) is 35.4 Å². The van der Waals surface area contributed by atoms with E-state index in [1.807, 2.05) is 36.1 Å². The number of amides is 1. The van der Waals surface area contributed by atoms with Crippen LogP contribution in [0.3, 0.4) is 0 Å². The van der Waals surface area contributed by atoms with Gasteiger partial charge in [0.1, 0.15) is 0 Å². The molecule has 0 aliphatic carbocycles. The van der Waals surface area contributed by atoms with Crippen molar-refractivity contribution in [2.75, 3.05) is 19.6 Å². The summed E-state index contributed by atoms with van der Waals surface area (Å²) in [5.41, 5.74) is 1.89. The van der Waals surface area contributed by atoms with E-state index in [1.54, 1.807) is 0 Å². The summed E-state index contributed by atoms with van der Waals surface area (Å²) in [4.78, 5) is 14.5. The maximum atomic E-state index is 12.5. The van der Waals surface area contributed by atoms with Gasteiger partial charge < -0.3 is 10.2 Å². The minimum atomic E-state index is 0.167. The van der Waals surface area contributed by atoms with Crippen LogP contribution in [0.25, 0.3) is 0 Å². The second-order valence-corrected chi connectivity index (χ2v) is 5.37. The average Bonchev–Trinajstić information content (AvgIpc) is 2.38. The van der Waals surface area contributed by atoms with E-state index in [-0.39, 0.29) is 5.91 Å². The summed E-state index contributed by atoms with van der Waals surface area (Å²) in [5.74, 6) is 0.720. The highest BCUT2D eigenvalue weighted by atomic mass is 16.2. The van der Waals surface area contributed by atoms with Crippen LogP contribution in [0.2, 0.25) is 0 Å². The van der Waals surface area contributed by atoms with E-state index in [1.165, 1.54) is 0 Å². The molecule has 1 unspecified atom stereocenters. The van der Waals surface area contributed by atoms with Crippen molar-refractivity contribution < 1.29 is 4.79 Å². The van der Waals surface area contributed by atoms with E-state index in [4.69, 9.17) is 0 Å². The zero-order chi connectivity index (χ0) is 13.1. The largest absolute Gasteiger partial charge is 0.336 e. The van der Waals surface area contributed by atoms with Gasteiger partial charge in [0.25, 0.3) is 5.91 Å². The summed E-state index contributed by atoms with van der Waals surface area (Å²) in [7, 11) is 0. The Labute approximate surface area is 109 Å². The van der Waals surface area contributed by atoms with Gasteiger partial charge in [0.2, 0.25) is 0 Å². The van der Waals surface area contributed by atoms with Gasteiger partial charge in [0.15, 0.2) is 0 Å². The first kappa shape index (κ1) is 13.1. The molecule has 0 saturated carbocycles. The van der Waals surface area contributed by atoms with Gasteiger partial charge in [-0.2, -0.15) is 0 Å². The van der Waals surface area contributed by atoms with Crippen LogP contribution < -0.4 is 5.32 Å². The van der Waals surface area contributed by atoms with E-state index < -0.39 is 0 Å². The van der Waals surface area contributed by atoms with Crippen molar-refractivity contribution in [1.82, 2.24) is 10.2 Å². The molecule has 1 aromatic rings. The Morgan fingerprint density at radius 1 is 1.39 bits per heavy atom. The third kappa shape index (κ3) is 2.72. The Morgan fingerprint density at radius 3 is 2.78 bits per heavy atom. The van der Waals surface area contributed by atoms with E-state index in [2.05, 4.69) is 19.2 Å². The van der Waals surface area contributed by atoms with E-state index in [9.17, 15) is 4.79 Å². The number of hydrogen-bond acceptors (Lipinski definition) is 2. The number of rotatable bonds is 2. The molecule has 0 radical (unpaired) electrons. The number of aryl methyl sites for hydroxylation is 1. The minimum absolute atomic E-state index is 0.167. The highest BCUT2D eigenvalue weighted by Crippen LogP contribution is 2.14. The Morgan fingerprint density at radius 2 is 2.11 bits per heavy atom. The summed E-state index contributed by atoms with van der Waals surface area (Å²) in [6.07, 6.45) is 0. The van der Waals surface area contributed by atoms with Crippen LogP contribution >= 0.6 is 0 Å². The number of piperazine rings is 1. The normalized spacial score (nSPS) is 20.2. The van der Waals surface area contributed by atoms with Crippen LogP contribution in [0, 0.1) is 12.8 Å². The first-order chi connectivity index (χ1) is 8.59. The molecule has 3 heteroatoms. The third-order valence-electron chi connectivity index (χ3n) is 3.67. The topological polar surface area (TPSA) is 32.3 Å². The average molecular weight is 246 g/mol. The standard InChI is InChI=1S/C15H22N2O/c1-11(2)14-10-17(9-8-16-14)15(18)13-7-5-4-6-12(13)3/h4-7,11,14,16H,8-10H2,1-3H3. The van der Waals surface area contributed by atoms with Crippen molar-refractivity contribution >= 4 is 5.91 Å². The Bertz CT molecular complexity index is 428. The lowest BCUT2D eigenvalue weighted by atomic mass is 10.0. The van der Waals surface area contributed by atoms with Crippen molar-refractivity contribution in [2.24, 2.45) is 5.92 Å². The molecule has 1 saturated heterocycles. The minimum Gasteiger partial charge on any atom is -0.336 e. The predicted octanol–water partition coefficient (Wildman–Crippen LogP) is 2.07. The summed E-state index contributed by atoms with van der Waals surface area (Å²) >= 11 is 0. The van der Waals surface area contributed by atoms with E-state index in [0.29, 0.717) is 12.0 Å². The number of benzene rings is 1. The van der Waals surface area contributed by atoms with Gasteiger partial charge in [-0.25, -0.2) is 0 Å². The van der Waals surface area contributed by atoms with Crippen LogP contribution in [0.5, 0.6) is 0 Å². The quantitative estimate of drug-likeness (QED) is 0.866. The summed E-state index contributed by atoms with van der Waals surface area (Å²) in [6, 6.07) is 8.23. The van der Waals surface area contributed by atoms with Crippen LogP contribution in [-0.4, -0.2) is 36.5 Å². The predicted molar refractivity (Wildman–Crippen MR) is 73.7 cm³/mol. The number of nitrogens with zero attached hydrogens (tertiary/aromatic N) is 1. The van der Waals surface area contributed by atoms with E-state index >= 15 is 0 Å². The number of nitrogens with one attached hydrogen (secondary N) is 1. The van der Waals surface area contributed by atoms with Crippen LogP contribution in [0.4, 0.5) is 0 Å². The number of hydrogen-bond donors (Lipinski definition) is 1. The Hall–Kier alpha value is -1.35. The molecule has 1 aliphatic heterocycles. The lowest BCUT2D eigenvalue weighted by Crippen LogP contribution is -2.54. The third-order valence-corrected chi connectivity index (χ3v) is 3.67. The molecular formula is C15H22N2O. The van der Waals surface area contributed by atoms with Gasteiger partial charge in [-0.1, -0.05) is 32.0 Å². The van der Waals surface area contributed by atoms with Crippen LogP contribution in [0.1, 0.15) is 29.8 Å². The van der Waals surface area contributed by atoms with Gasteiger partial charge in [-0.15, -0.1) is 0 Å². The number of carbonyl (C=O) groups is 1. The van der Waals surface area contributed by atoms with Gasteiger partial charge >= 0.3 is 0 Å². The lowest BCUT2D eigenvalue weighted by Gasteiger charge is -2.36. The monoisotopic (exact) mass is 246 g/mol. The maximum Gasteiger partial charge on any atom is 0.254 e. The molecule has 0 aromatic heterocycles. The van der Waals surface area contributed by atoms with Gasteiger partial charge in [-0.05, 0) is 24.5 Å². The maximum absolute atomic E-state index is 12.5. The Balaban J connectivity index is 2.12. The van der Waals surface area contributed by atoms with Crippen LogP contribution in [0.15, 0.2) is 24.3 Å². The molecule has 1 aliphatic rings. The molecule has 18 heavy (non-hydrogen) atoms. The molecule has 2 rings (SSSR count). The summed E-state index contributed by atoms with van der Waals surface area (Å²) < 4.78 is 0. The molecule has 1 aromatic carbocycles. The van der Waals surface area contributed by atoms with Crippen molar-refractivity contribution in [3.8, 4) is 0 Å². The molecule has 3 nitrogen and oxygen atoms in total. The van der Waals surface area contributed by atoms with E-state index in [0.717, 1.165) is 30.8 Å². The summed E-state index contributed by atoms with van der Waals surface area (Å²) in [5, 5.41) is 3.48. The highest BCUT2D eigenvalue weighted by Gasteiger charge is 2.26. The molecule has 1 fully saturated rings. The van der Waals surface area contributed by atoms with Gasteiger partial charge in [0.05, 0.1) is 0 Å². The van der Waals surface area contributed by atoms with Crippen LogP contribution in [-0.2, 0) is 0 Å². The molecule has 0 bridgehead atoms. The molecule has 1 amide bonds. The molecule has 1 atom stereocenters. The first-order valence-corrected chi connectivity index (χ1v) is 6.68. The SMILES string of the molecule is Cc1ccccc1C(=O)N1CCNC(C(C)C)C1. The Kier molecular flexibility index (Phi) is 4.02. The molecule has 0 spiro atoms. The first-order valence-electron chi connectivity index (χ1n) is 6.68. The van der Waals surface area contributed by atoms with Crippen molar-refractivity contribution in [3.63, 3.8) is 0 Å². The molecule has 1 N–H and O–H groups in total. The highest BCUT2D eigenvalue weighted by molar-refractivity contribution is 5.95. The molecular weight excluding hydrogens is 224 g/mol. The second kappa shape index (κ2) is 5.53. The number of carbonyl (C=O) groups excluding carboxylic acids is 1. The zero-order valence-electron chi connectivity index (χ0n) is 11.4. The fourth-order valence-corrected chi connectivity index (χ4v) is 2.39. The van der Waals surface area contributed by atoms with Gasteiger partial charge in [-0.3, -0.25) is 4.79 Å². The summed E-state index contributed by atoms with van der Waals surface area (Å²) in [6.45, 7) is 8.88. The fraction of sp³-hybridized carbons (Fsp3) is 0.533. The molecule has 1 heterocycles. The second-order valence-electron chi connectivity index (χ2n) is 5.37. The zero-order valence-corrected chi connectivity index (χ0v) is 11.4. The smallest absolute Gasteiger partial charge is 0.254 e. The van der Waals surface area contributed by atoms with Gasteiger partial charge in [0, 0.05) is 31.2 Å². The lowest BCUT2D eigenvalue weighted by molar-refractivity contribution is 0.0683.